The van der Waals surface area contributed by atoms with E-state index in [0.29, 0.717) is 5.92 Å². The minimum Gasteiger partial charge on any atom is -0.444 e. The summed E-state index contributed by atoms with van der Waals surface area (Å²) in [7, 11) is 0. The Labute approximate surface area is 115 Å². The largest absolute Gasteiger partial charge is 0.444 e. The maximum Gasteiger partial charge on any atom is 0.407 e. The van der Waals surface area contributed by atoms with E-state index in [4.69, 9.17) is 4.74 Å². The minimum atomic E-state index is -0.453. The quantitative estimate of drug-likeness (QED) is 0.799. The first kappa shape index (κ1) is 15.7. The van der Waals surface area contributed by atoms with Crippen molar-refractivity contribution in [2.75, 3.05) is 0 Å². The SMILES string of the molecule is CC(=O)/C=C/C1CCC(NC(=O)OC(C)(C)C)CC1. The molecule has 0 aromatic heterocycles. The molecule has 0 aromatic rings. The summed E-state index contributed by atoms with van der Waals surface area (Å²) in [5.74, 6) is 0.551. The van der Waals surface area contributed by atoms with Crippen LogP contribution in [0.2, 0.25) is 0 Å². The molecular formula is C15H25NO3. The topological polar surface area (TPSA) is 55.4 Å². The van der Waals surface area contributed by atoms with Gasteiger partial charge in [-0.15, -0.1) is 0 Å². The highest BCUT2D eigenvalue weighted by molar-refractivity contribution is 5.87. The Morgan fingerprint density at radius 1 is 1.16 bits per heavy atom. The zero-order chi connectivity index (χ0) is 14.5. The molecule has 0 bridgehead atoms. The van der Waals surface area contributed by atoms with Gasteiger partial charge in [0.25, 0.3) is 0 Å². The van der Waals surface area contributed by atoms with Crippen LogP contribution in [0, 0.1) is 5.92 Å². The molecule has 0 aliphatic heterocycles. The van der Waals surface area contributed by atoms with Crippen LogP contribution in [-0.4, -0.2) is 23.5 Å². The van der Waals surface area contributed by atoms with E-state index in [0.717, 1.165) is 25.7 Å². The van der Waals surface area contributed by atoms with Gasteiger partial charge in [-0.2, -0.15) is 0 Å². The van der Waals surface area contributed by atoms with Crippen LogP contribution in [-0.2, 0) is 9.53 Å². The predicted molar refractivity (Wildman–Crippen MR) is 74.9 cm³/mol. The number of nitrogens with one attached hydrogen (secondary N) is 1. The van der Waals surface area contributed by atoms with Crippen molar-refractivity contribution >= 4 is 11.9 Å². The lowest BCUT2D eigenvalue weighted by molar-refractivity contribution is -0.112. The molecule has 1 N–H and O–H groups in total. The lowest BCUT2D eigenvalue weighted by Crippen LogP contribution is -2.40. The van der Waals surface area contributed by atoms with Gasteiger partial charge >= 0.3 is 6.09 Å². The summed E-state index contributed by atoms with van der Waals surface area (Å²) in [6.45, 7) is 7.13. The van der Waals surface area contributed by atoms with Crippen molar-refractivity contribution in [1.82, 2.24) is 5.32 Å². The fourth-order valence-electron chi connectivity index (χ4n) is 2.20. The van der Waals surface area contributed by atoms with Crippen molar-refractivity contribution < 1.29 is 14.3 Å². The number of ketones is 1. The van der Waals surface area contributed by atoms with Crippen molar-refractivity contribution in [3.8, 4) is 0 Å². The second-order valence-corrected chi connectivity index (χ2v) is 6.23. The molecule has 1 saturated carbocycles. The second kappa shape index (κ2) is 6.73. The summed E-state index contributed by atoms with van der Waals surface area (Å²) in [6.07, 6.45) is 7.18. The number of alkyl carbamates (subject to hydrolysis) is 1. The molecule has 1 fully saturated rings. The molecule has 0 atom stereocenters. The Balaban J connectivity index is 2.30. The maximum atomic E-state index is 11.6. The molecule has 1 rings (SSSR count). The minimum absolute atomic E-state index is 0.0917. The lowest BCUT2D eigenvalue weighted by atomic mass is 9.86. The number of rotatable bonds is 3. The van der Waals surface area contributed by atoms with Gasteiger partial charge in [-0.25, -0.2) is 4.79 Å². The van der Waals surface area contributed by atoms with Crippen molar-refractivity contribution in [1.29, 1.82) is 0 Å². The van der Waals surface area contributed by atoms with E-state index in [1.165, 1.54) is 0 Å². The molecule has 1 amide bonds. The van der Waals surface area contributed by atoms with Gasteiger partial charge in [0.1, 0.15) is 5.60 Å². The van der Waals surface area contributed by atoms with Gasteiger partial charge in [0, 0.05) is 6.04 Å². The van der Waals surface area contributed by atoms with E-state index in [2.05, 4.69) is 5.32 Å². The van der Waals surface area contributed by atoms with Crippen LogP contribution in [0.15, 0.2) is 12.2 Å². The number of carbonyl (C=O) groups excluding carboxylic acids is 2. The van der Waals surface area contributed by atoms with Crippen molar-refractivity contribution in [2.45, 2.75) is 65.0 Å². The van der Waals surface area contributed by atoms with E-state index in [1.807, 2.05) is 26.8 Å². The van der Waals surface area contributed by atoms with Gasteiger partial charge in [-0.05, 0) is 65.4 Å². The Morgan fingerprint density at radius 3 is 2.21 bits per heavy atom. The normalized spacial score (nSPS) is 24.2. The predicted octanol–water partition coefficient (Wildman–Crippen LogP) is 3.22. The average molecular weight is 267 g/mol. The molecule has 4 nitrogen and oxygen atoms in total. The third-order valence-electron chi connectivity index (χ3n) is 3.10. The van der Waals surface area contributed by atoms with Crippen LogP contribution in [0.1, 0.15) is 53.4 Å². The number of hydrogen-bond acceptors (Lipinski definition) is 3. The van der Waals surface area contributed by atoms with Gasteiger partial charge in [0.15, 0.2) is 5.78 Å². The lowest BCUT2D eigenvalue weighted by Gasteiger charge is -2.28. The molecule has 0 radical (unpaired) electrons. The second-order valence-electron chi connectivity index (χ2n) is 6.23. The van der Waals surface area contributed by atoms with Gasteiger partial charge in [0.2, 0.25) is 0 Å². The Bertz CT molecular complexity index is 347. The molecule has 108 valence electrons. The fraction of sp³-hybridized carbons (Fsp3) is 0.733. The number of allylic oxidation sites excluding steroid dienone is 2. The van der Waals surface area contributed by atoms with E-state index in [1.54, 1.807) is 13.0 Å². The van der Waals surface area contributed by atoms with Crippen LogP contribution in [0.3, 0.4) is 0 Å². The van der Waals surface area contributed by atoms with E-state index >= 15 is 0 Å². The number of amides is 1. The van der Waals surface area contributed by atoms with E-state index < -0.39 is 5.60 Å². The van der Waals surface area contributed by atoms with Crippen LogP contribution in [0.4, 0.5) is 4.79 Å². The van der Waals surface area contributed by atoms with Crippen LogP contribution >= 0.6 is 0 Å². The monoisotopic (exact) mass is 267 g/mol. The first-order valence-corrected chi connectivity index (χ1v) is 6.94. The summed E-state index contributed by atoms with van der Waals surface area (Å²) in [5, 5.41) is 2.91. The standard InChI is InChI=1S/C15H25NO3/c1-11(17)5-6-12-7-9-13(10-8-12)16-14(18)19-15(2,3)4/h5-6,12-13H,7-10H2,1-4H3,(H,16,18)/b6-5+. The Morgan fingerprint density at radius 2 is 1.74 bits per heavy atom. The summed E-state index contributed by atoms with van der Waals surface area (Å²) < 4.78 is 5.24. The average Bonchev–Trinajstić information content (AvgIpc) is 2.25. The molecule has 0 heterocycles. The maximum absolute atomic E-state index is 11.6. The summed E-state index contributed by atoms with van der Waals surface area (Å²) >= 11 is 0. The third kappa shape index (κ3) is 6.99. The van der Waals surface area contributed by atoms with Gasteiger partial charge in [-0.1, -0.05) is 6.08 Å². The highest BCUT2D eigenvalue weighted by atomic mass is 16.6. The summed E-state index contributed by atoms with van der Waals surface area (Å²) in [4.78, 5) is 22.5. The summed E-state index contributed by atoms with van der Waals surface area (Å²) in [5.41, 5.74) is -0.453. The van der Waals surface area contributed by atoms with Gasteiger partial charge in [-0.3, -0.25) is 4.79 Å². The molecule has 1 aliphatic carbocycles. The van der Waals surface area contributed by atoms with Gasteiger partial charge < -0.3 is 10.1 Å². The molecule has 0 unspecified atom stereocenters. The highest BCUT2D eigenvalue weighted by Gasteiger charge is 2.23. The Hall–Kier alpha value is -1.32. The van der Waals surface area contributed by atoms with Crippen molar-refractivity contribution in [3.63, 3.8) is 0 Å². The molecule has 0 spiro atoms. The molecule has 0 saturated heterocycles. The molecular weight excluding hydrogens is 242 g/mol. The van der Waals surface area contributed by atoms with Crippen LogP contribution < -0.4 is 5.32 Å². The zero-order valence-corrected chi connectivity index (χ0v) is 12.4. The van der Waals surface area contributed by atoms with E-state index in [9.17, 15) is 9.59 Å². The molecule has 0 aromatic carbocycles. The smallest absolute Gasteiger partial charge is 0.407 e. The molecule has 1 aliphatic rings. The first-order chi connectivity index (χ1) is 8.76. The summed E-state index contributed by atoms with van der Waals surface area (Å²) in [6, 6.07) is 0.192. The zero-order valence-electron chi connectivity index (χ0n) is 12.4. The van der Waals surface area contributed by atoms with Crippen LogP contribution in [0.25, 0.3) is 0 Å². The molecule has 19 heavy (non-hydrogen) atoms. The number of ether oxygens (including phenoxy) is 1. The van der Waals surface area contributed by atoms with Gasteiger partial charge in [0.05, 0.1) is 0 Å². The highest BCUT2D eigenvalue weighted by Crippen LogP contribution is 2.25. The number of carbonyl (C=O) groups is 2. The number of hydrogen-bond donors (Lipinski definition) is 1. The Kier molecular flexibility index (Phi) is 5.58. The van der Waals surface area contributed by atoms with Crippen LogP contribution in [0.5, 0.6) is 0 Å². The first-order valence-electron chi connectivity index (χ1n) is 6.94. The van der Waals surface area contributed by atoms with Crippen molar-refractivity contribution in [2.24, 2.45) is 5.92 Å². The van der Waals surface area contributed by atoms with Crippen molar-refractivity contribution in [3.05, 3.63) is 12.2 Å². The molecule has 4 heteroatoms. The fourth-order valence-corrected chi connectivity index (χ4v) is 2.20. The third-order valence-corrected chi connectivity index (χ3v) is 3.10. The van der Waals surface area contributed by atoms with E-state index in [-0.39, 0.29) is 17.9 Å².